The standard InChI is InChI=1S/C19H25BrClN3O2/c20-17-6-5-15(21)13-16(17)18(25)22-7-8-23-9-11-24(12-10-23)19(26)14-3-1-2-4-14/h5-6,13-14H,1-4,7-12H2,(H,22,25). The molecule has 0 unspecified atom stereocenters. The smallest absolute Gasteiger partial charge is 0.252 e. The van der Waals surface area contributed by atoms with Gasteiger partial charge in [-0.1, -0.05) is 24.4 Å². The fraction of sp³-hybridized carbons (Fsp3) is 0.579. The van der Waals surface area contributed by atoms with Gasteiger partial charge in [0.2, 0.25) is 5.91 Å². The third-order valence-electron chi connectivity index (χ3n) is 5.27. The number of carbonyl (C=O) groups is 2. The van der Waals surface area contributed by atoms with E-state index in [9.17, 15) is 9.59 Å². The molecule has 0 radical (unpaired) electrons. The molecule has 1 aliphatic carbocycles. The Bertz CT molecular complexity index is 656. The summed E-state index contributed by atoms with van der Waals surface area (Å²) in [7, 11) is 0. The first-order chi connectivity index (χ1) is 12.5. The Morgan fingerprint density at radius 1 is 1.15 bits per heavy atom. The van der Waals surface area contributed by atoms with Crippen LogP contribution < -0.4 is 5.32 Å². The topological polar surface area (TPSA) is 52.7 Å². The normalized spacial score (nSPS) is 18.9. The van der Waals surface area contributed by atoms with Crippen LogP contribution in [0, 0.1) is 5.92 Å². The molecule has 2 fully saturated rings. The van der Waals surface area contributed by atoms with Crippen molar-refractivity contribution in [3.05, 3.63) is 33.3 Å². The Hall–Kier alpha value is -1.11. The van der Waals surface area contributed by atoms with Crippen LogP contribution in [0.3, 0.4) is 0 Å². The first-order valence-electron chi connectivity index (χ1n) is 9.29. The summed E-state index contributed by atoms with van der Waals surface area (Å²) in [5, 5.41) is 3.49. The average molecular weight is 443 g/mol. The van der Waals surface area contributed by atoms with Gasteiger partial charge in [-0.25, -0.2) is 0 Å². The van der Waals surface area contributed by atoms with Gasteiger partial charge in [-0.15, -0.1) is 0 Å². The van der Waals surface area contributed by atoms with Gasteiger partial charge in [-0.05, 0) is 47.0 Å². The third kappa shape index (κ3) is 4.99. The van der Waals surface area contributed by atoms with Crippen LogP contribution in [0.2, 0.25) is 5.02 Å². The minimum absolute atomic E-state index is 0.130. The SMILES string of the molecule is O=C(NCCN1CCN(C(=O)C2CCCC2)CC1)c1cc(Cl)ccc1Br. The molecular formula is C19H25BrClN3O2. The van der Waals surface area contributed by atoms with Gasteiger partial charge in [0.15, 0.2) is 0 Å². The summed E-state index contributed by atoms with van der Waals surface area (Å²) in [6.07, 6.45) is 4.51. The lowest BCUT2D eigenvalue weighted by Crippen LogP contribution is -2.51. The van der Waals surface area contributed by atoms with Crippen molar-refractivity contribution >= 4 is 39.3 Å². The maximum absolute atomic E-state index is 12.5. The highest BCUT2D eigenvalue weighted by Crippen LogP contribution is 2.27. The molecule has 1 aromatic carbocycles. The van der Waals surface area contributed by atoms with E-state index in [-0.39, 0.29) is 11.8 Å². The maximum atomic E-state index is 12.5. The van der Waals surface area contributed by atoms with Crippen molar-refractivity contribution in [1.29, 1.82) is 0 Å². The van der Waals surface area contributed by atoms with E-state index in [0.29, 0.717) is 23.0 Å². The molecule has 7 heteroatoms. The highest BCUT2D eigenvalue weighted by atomic mass is 79.9. The second-order valence-corrected chi connectivity index (χ2v) is 8.32. The van der Waals surface area contributed by atoms with Gasteiger partial charge in [-0.3, -0.25) is 14.5 Å². The molecule has 142 valence electrons. The lowest BCUT2D eigenvalue weighted by Gasteiger charge is -2.36. The van der Waals surface area contributed by atoms with Crippen LogP contribution in [0.15, 0.2) is 22.7 Å². The number of hydrogen-bond donors (Lipinski definition) is 1. The van der Waals surface area contributed by atoms with Gasteiger partial charge in [-0.2, -0.15) is 0 Å². The fourth-order valence-corrected chi connectivity index (χ4v) is 4.32. The molecule has 3 rings (SSSR count). The van der Waals surface area contributed by atoms with Crippen molar-refractivity contribution in [2.45, 2.75) is 25.7 Å². The minimum Gasteiger partial charge on any atom is -0.351 e. The van der Waals surface area contributed by atoms with E-state index in [1.54, 1.807) is 18.2 Å². The molecular weight excluding hydrogens is 418 g/mol. The van der Waals surface area contributed by atoms with E-state index in [1.807, 2.05) is 4.90 Å². The number of nitrogens with one attached hydrogen (secondary N) is 1. The Morgan fingerprint density at radius 2 is 1.85 bits per heavy atom. The van der Waals surface area contributed by atoms with Crippen molar-refractivity contribution in [2.24, 2.45) is 5.92 Å². The van der Waals surface area contributed by atoms with Gasteiger partial charge in [0, 0.05) is 54.7 Å². The van der Waals surface area contributed by atoms with Crippen molar-refractivity contribution in [1.82, 2.24) is 15.1 Å². The first kappa shape index (κ1) is 19.6. The zero-order valence-electron chi connectivity index (χ0n) is 14.8. The number of amides is 2. The summed E-state index contributed by atoms with van der Waals surface area (Å²) in [4.78, 5) is 29.1. The number of benzene rings is 1. The van der Waals surface area contributed by atoms with E-state index in [0.717, 1.165) is 50.0 Å². The number of nitrogens with zero attached hydrogens (tertiary/aromatic N) is 2. The Kier molecular flexibility index (Phi) is 6.95. The molecule has 0 aromatic heterocycles. The summed E-state index contributed by atoms with van der Waals surface area (Å²) in [6.45, 7) is 4.69. The molecule has 26 heavy (non-hydrogen) atoms. The zero-order chi connectivity index (χ0) is 18.5. The molecule has 1 heterocycles. The van der Waals surface area contributed by atoms with Crippen LogP contribution in [0.25, 0.3) is 0 Å². The average Bonchev–Trinajstić information content (AvgIpc) is 3.18. The number of hydrogen-bond acceptors (Lipinski definition) is 3. The predicted octanol–water partition coefficient (Wildman–Crippen LogP) is 3.17. The van der Waals surface area contributed by atoms with Crippen LogP contribution in [-0.2, 0) is 4.79 Å². The van der Waals surface area contributed by atoms with Gasteiger partial charge < -0.3 is 10.2 Å². The van der Waals surface area contributed by atoms with Crippen LogP contribution in [-0.4, -0.2) is 60.9 Å². The second kappa shape index (κ2) is 9.20. The van der Waals surface area contributed by atoms with Crippen LogP contribution >= 0.6 is 27.5 Å². The van der Waals surface area contributed by atoms with Gasteiger partial charge in [0.1, 0.15) is 0 Å². The van der Waals surface area contributed by atoms with Crippen LogP contribution in [0.1, 0.15) is 36.0 Å². The quantitative estimate of drug-likeness (QED) is 0.762. The number of carbonyl (C=O) groups excluding carboxylic acids is 2. The van der Waals surface area contributed by atoms with Crippen molar-refractivity contribution in [3.63, 3.8) is 0 Å². The summed E-state index contributed by atoms with van der Waals surface area (Å²) >= 11 is 9.34. The number of halogens is 2. The zero-order valence-corrected chi connectivity index (χ0v) is 17.2. The van der Waals surface area contributed by atoms with Crippen molar-refractivity contribution in [2.75, 3.05) is 39.3 Å². The summed E-state index contributed by atoms with van der Waals surface area (Å²) in [5.74, 6) is 0.479. The Balaban J connectivity index is 1.39. The van der Waals surface area contributed by atoms with Crippen LogP contribution in [0.4, 0.5) is 0 Å². The molecule has 0 bridgehead atoms. The van der Waals surface area contributed by atoms with Gasteiger partial charge in [0.25, 0.3) is 5.91 Å². The van der Waals surface area contributed by atoms with Crippen LogP contribution in [0.5, 0.6) is 0 Å². The van der Waals surface area contributed by atoms with Crippen molar-refractivity contribution in [3.8, 4) is 0 Å². The van der Waals surface area contributed by atoms with E-state index >= 15 is 0 Å². The molecule has 2 amide bonds. The molecule has 1 aromatic rings. The molecule has 1 saturated heterocycles. The Morgan fingerprint density at radius 3 is 2.54 bits per heavy atom. The van der Waals surface area contributed by atoms with Gasteiger partial charge >= 0.3 is 0 Å². The summed E-state index contributed by atoms with van der Waals surface area (Å²) < 4.78 is 0.735. The fourth-order valence-electron chi connectivity index (χ4n) is 3.72. The molecule has 1 aliphatic heterocycles. The minimum atomic E-state index is -0.130. The number of rotatable bonds is 5. The Labute approximate surface area is 168 Å². The maximum Gasteiger partial charge on any atom is 0.252 e. The second-order valence-electron chi connectivity index (χ2n) is 7.03. The van der Waals surface area contributed by atoms with E-state index in [1.165, 1.54) is 12.8 Å². The van der Waals surface area contributed by atoms with E-state index in [4.69, 9.17) is 11.6 Å². The van der Waals surface area contributed by atoms with Crippen molar-refractivity contribution < 1.29 is 9.59 Å². The highest BCUT2D eigenvalue weighted by Gasteiger charge is 2.29. The third-order valence-corrected chi connectivity index (χ3v) is 6.20. The van der Waals surface area contributed by atoms with E-state index in [2.05, 4.69) is 26.1 Å². The highest BCUT2D eigenvalue weighted by molar-refractivity contribution is 9.10. The lowest BCUT2D eigenvalue weighted by atomic mass is 10.1. The van der Waals surface area contributed by atoms with Gasteiger partial charge in [0.05, 0.1) is 5.56 Å². The monoisotopic (exact) mass is 441 g/mol. The molecule has 5 nitrogen and oxygen atoms in total. The predicted molar refractivity (Wildman–Crippen MR) is 106 cm³/mol. The molecule has 2 aliphatic rings. The molecule has 0 spiro atoms. The first-order valence-corrected chi connectivity index (χ1v) is 10.5. The molecule has 0 atom stereocenters. The largest absolute Gasteiger partial charge is 0.351 e. The molecule has 1 saturated carbocycles. The summed E-state index contributed by atoms with van der Waals surface area (Å²) in [6, 6.07) is 5.18. The van der Waals surface area contributed by atoms with E-state index < -0.39 is 0 Å². The number of piperazine rings is 1. The molecule has 1 N–H and O–H groups in total. The lowest BCUT2D eigenvalue weighted by molar-refractivity contribution is -0.137. The summed E-state index contributed by atoms with van der Waals surface area (Å²) in [5.41, 5.74) is 0.546.